The van der Waals surface area contributed by atoms with Crippen molar-refractivity contribution in [3.8, 4) is 51.8 Å². The number of rotatable bonds is 5. The van der Waals surface area contributed by atoms with Gasteiger partial charge in [-0.2, -0.15) is 9.97 Å². The Bertz CT molecular complexity index is 2130. The zero-order chi connectivity index (χ0) is 30.8. The lowest BCUT2D eigenvalue weighted by atomic mass is 9.75. The van der Waals surface area contributed by atoms with Crippen molar-refractivity contribution in [2.75, 3.05) is 7.11 Å². The number of H-pyrrole nitrogens is 2. The Hall–Kier alpha value is -5.04. The second-order valence-corrected chi connectivity index (χ2v) is 11.6. The van der Waals surface area contributed by atoms with Crippen molar-refractivity contribution in [3.63, 3.8) is 0 Å². The number of para-hydroxylation sites is 2. The van der Waals surface area contributed by atoms with Crippen LogP contribution in [0, 0.1) is 11.6 Å². The Kier molecular flexibility index (Phi) is 6.45. The minimum Gasteiger partial charge on any atom is -0.493 e. The van der Waals surface area contributed by atoms with Gasteiger partial charge >= 0.3 is 0 Å². The SMILES string of the molecule is COc1cccc2c1Oc1nc(-c3ccc(F)cc3)[nH]c1C2C1c2cccc(C(=O)I)c2Oc2nc(-c3ccc(F)cc3)[nH]c21. The summed E-state index contributed by atoms with van der Waals surface area (Å²) in [6.45, 7) is 0. The van der Waals surface area contributed by atoms with Crippen LogP contribution in [0.15, 0.2) is 84.9 Å². The second-order valence-electron chi connectivity index (χ2n) is 10.7. The molecule has 8 rings (SSSR count). The van der Waals surface area contributed by atoms with Gasteiger partial charge in [0.15, 0.2) is 11.5 Å². The molecule has 45 heavy (non-hydrogen) atoms. The molecule has 2 aliphatic rings. The summed E-state index contributed by atoms with van der Waals surface area (Å²) in [4.78, 5) is 29.3. The van der Waals surface area contributed by atoms with Gasteiger partial charge in [-0.1, -0.05) is 24.3 Å². The maximum atomic E-state index is 13.8. The van der Waals surface area contributed by atoms with Crippen LogP contribution in [-0.4, -0.2) is 30.8 Å². The molecular formula is C34H21F2IN4O4. The average molecular weight is 714 g/mol. The maximum absolute atomic E-state index is 13.8. The van der Waals surface area contributed by atoms with E-state index < -0.39 is 11.8 Å². The summed E-state index contributed by atoms with van der Waals surface area (Å²) in [5.41, 5.74) is 4.64. The molecular weight excluding hydrogens is 693 g/mol. The third kappa shape index (κ3) is 4.48. The third-order valence-corrected chi connectivity index (χ3v) is 8.72. The predicted octanol–water partition coefficient (Wildman–Crippen LogP) is 8.50. The summed E-state index contributed by atoms with van der Waals surface area (Å²) in [7, 11) is 1.57. The first-order valence-electron chi connectivity index (χ1n) is 14.0. The molecule has 2 N–H and O–H groups in total. The summed E-state index contributed by atoms with van der Waals surface area (Å²) in [5.74, 6) is 1.40. The van der Waals surface area contributed by atoms with E-state index in [1.807, 2.05) is 30.3 Å². The van der Waals surface area contributed by atoms with Crippen molar-refractivity contribution in [2.45, 2.75) is 11.8 Å². The number of fused-ring (bicyclic) bond motifs is 4. The van der Waals surface area contributed by atoms with Gasteiger partial charge in [-0.05, 0) is 60.7 Å². The quantitative estimate of drug-likeness (QED) is 0.137. The van der Waals surface area contributed by atoms with Crippen molar-refractivity contribution in [3.05, 3.63) is 125 Å². The highest BCUT2D eigenvalue weighted by atomic mass is 127. The smallest absolute Gasteiger partial charge is 0.241 e. The minimum atomic E-state index is -0.476. The zero-order valence-corrected chi connectivity index (χ0v) is 25.6. The van der Waals surface area contributed by atoms with Crippen LogP contribution in [0.3, 0.4) is 0 Å². The molecule has 11 heteroatoms. The fourth-order valence-electron chi connectivity index (χ4n) is 6.12. The van der Waals surface area contributed by atoms with Gasteiger partial charge in [0.05, 0.1) is 24.1 Å². The molecule has 222 valence electrons. The first-order valence-corrected chi connectivity index (χ1v) is 15.0. The molecule has 0 radical (unpaired) electrons. The standard InChI is InChI=1S/C34H21F2IN4O4/c1-43-23-7-3-5-21-25(27-34(45-29(21)23)41-32(39-27)17-10-14-19(36)15-11-17)24-20-4-2-6-22(30(37)42)28(20)44-33-26(24)38-31(40-33)16-8-12-18(35)13-9-16/h2-15,24-25H,1H3,(H,38,40)(H,39,41). The third-order valence-electron chi connectivity index (χ3n) is 8.14. The molecule has 2 aliphatic heterocycles. The largest absolute Gasteiger partial charge is 0.493 e. The zero-order valence-electron chi connectivity index (χ0n) is 23.4. The predicted molar refractivity (Wildman–Crippen MR) is 170 cm³/mol. The Morgan fingerprint density at radius 3 is 1.73 bits per heavy atom. The first-order chi connectivity index (χ1) is 21.9. The molecule has 8 nitrogen and oxygen atoms in total. The summed E-state index contributed by atoms with van der Waals surface area (Å²) in [5, 5.41) is 0. The van der Waals surface area contributed by atoms with Crippen LogP contribution in [0.5, 0.6) is 29.0 Å². The Balaban J connectivity index is 1.39. The summed E-state index contributed by atoms with van der Waals surface area (Å²) in [6.07, 6.45) is 0. The minimum absolute atomic E-state index is 0.184. The number of carbonyl (C=O) groups excluding carboxylic acids is 1. The molecule has 0 fully saturated rings. The number of halogens is 3. The molecule has 2 aromatic heterocycles. The number of hydrogen-bond donors (Lipinski definition) is 2. The molecule has 4 aromatic carbocycles. The van der Waals surface area contributed by atoms with E-state index in [-0.39, 0.29) is 15.4 Å². The van der Waals surface area contributed by atoms with E-state index >= 15 is 0 Å². The van der Waals surface area contributed by atoms with E-state index in [1.165, 1.54) is 24.3 Å². The normalized spacial score (nSPS) is 16.0. The van der Waals surface area contributed by atoms with Crippen molar-refractivity contribution < 1.29 is 27.8 Å². The molecule has 0 spiro atoms. The van der Waals surface area contributed by atoms with Gasteiger partial charge in [0.25, 0.3) is 0 Å². The van der Waals surface area contributed by atoms with E-state index in [1.54, 1.807) is 60.0 Å². The lowest BCUT2D eigenvalue weighted by molar-refractivity contribution is 0.110. The highest BCUT2D eigenvalue weighted by molar-refractivity contribution is 14.1. The number of ether oxygens (including phenoxy) is 3. The molecule has 0 bridgehead atoms. The van der Waals surface area contributed by atoms with E-state index in [9.17, 15) is 13.6 Å². The maximum Gasteiger partial charge on any atom is 0.241 e. The van der Waals surface area contributed by atoms with Gasteiger partial charge in [0, 0.05) is 56.7 Å². The van der Waals surface area contributed by atoms with E-state index in [0.29, 0.717) is 68.7 Å². The first kappa shape index (κ1) is 27.5. The second kappa shape index (κ2) is 10.5. The number of carbonyl (C=O) groups is 1. The summed E-state index contributed by atoms with van der Waals surface area (Å²) in [6, 6.07) is 23.2. The summed E-state index contributed by atoms with van der Waals surface area (Å²) >= 11 is 1.75. The molecule has 0 amide bonds. The lowest BCUT2D eigenvalue weighted by Crippen LogP contribution is -2.23. The van der Waals surface area contributed by atoms with E-state index in [4.69, 9.17) is 24.2 Å². The monoisotopic (exact) mass is 714 g/mol. The highest BCUT2D eigenvalue weighted by Gasteiger charge is 2.45. The number of aromatic amines is 2. The van der Waals surface area contributed by atoms with Crippen LogP contribution in [0.1, 0.15) is 44.7 Å². The fourth-order valence-corrected chi connectivity index (χ4v) is 6.55. The number of benzene rings is 4. The number of methoxy groups -OCH3 is 1. The van der Waals surface area contributed by atoms with Crippen molar-refractivity contribution in [2.24, 2.45) is 0 Å². The van der Waals surface area contributed by atoms with Crippen molar-refractivity contribution >= 4 is 26.4 Å². The van der Waals surface area contributed by atoms with Crippen LogP contribution < -0.4 is 14.2 Å². The molecule has 0 saturated heterocycles. The average Bonchev–Trinajstić information content (AvgIpc) is 3.67. The number of nitrogens with zero attached hydrogens (tertiary/aromatic N) is 2. The topological polar surface area (TPSA) is 102 Å². The van der Waals surface area contributed by atoms with Gasteiger partial charge in [0.1, 0.15) is 29.0 Å². The van der Waals surface area contributed by atoms with Gasteiger partial charge in [0.2, 0.25) is 15.5 Å². The van der Waals surface area contributed by atoms with Crippen molar-refractivity contribution in [1.29, 1.82) is 0 Å². The van der Waals surface area contributed by atoms with Gasteiger partial charge in [-0.3, -0.25) is 4.79 Å². The number of hydrogen-bond acceptors (Lipinski definition) is 6. The molecule has 6 aromatic rings. The van der Waals surface area contributed by atoms with Crippen LogP contribution in [-0.2, 0) is 0 Å². The molecule has 4 heterocycles. The highest BCUT2D eigenvalue weighted by Crippen LogP contribution is 2.58. The van der Waals surface area contributed by atoms with E-state index in [2.05, 4.69) is 9.97 Å². The fraction of sp³-hybridized carbons (Fsp3) is 0.0882. The number of imidazole rings is 2. The van der Waals surface area contributed by atoms with E-state index in [0.717, 1.165) is 11.1 Å². The van der Waals surface area contributed by atoms with Gasteiger partial charge in [-0.25, -0.2) is 8.78 Å². The summed E-state index contributed by atoms with van der Waals surface area (Å²) < 4.78 is 45.8. The van der Waals surface area contributed by atoms with Crippen LogP contribution >= 0.6 is 22.6 Å². The van der Waals surface area contributed by atoms with Gasteiger partial charge < -0.3 is 24.2 Å². The Morgan fingerprint density at radius 1 is 0.733 bits per heavy atom. The van der Waals surface area contributed by atoms with Crippen LogP contribution in [0.2, 0.25) is 0 Å². The van der Waals surface area contributed by atoms with Gasteiger partial charge in [-0.15, -0.1) is 0 Å². The molecule has 0 saturated carbocycles. The lowest BCUT2D eigenvalue weighted by Gasteiger charge is -2.35. The molecule has 2 unspecified atom stereocenters. The Labute approximate surface area is 268 Å². The number of nitrogens with one attached hydrogen (secondary N) is 2. The number of aromatic nitrogens is 4. The molecule has 2 atom stereocenters. The Morgan fingerprint density at radius 2 is 1.22 bits per heavy atom. The van der Waals surface area contributed by atoms with Crippen molar-refractivity contribution in [1.82, 2.24) is 19.9 Å². The molecule has 0 aliphatic carbocycles. The van der Waals surface area contributed by atoms with Crippen LogP contribution in [0.25, 0.3) is 22.8 Å². The van der Waals surface area contributed by atoms with Crippen LogP contribution in [0.4, 0.5) is 8.78 Å².